The summed E-state index contributed by atoms with van der Waals surface area (Å²) in [6.07, 6.45) is 0. The average molecular weight is 441 g/mol. The first kappa shape index (κ1) is 19.4. The second-order valence-electron chi connectivity index (χ2n) is 6.11. The van der Waals surface area contributed by atoms with Crippen molar-refractivity contribution in [2.24, 2.45) is 0 Å². The van der Waals surface area contributed by atoms with E-state index in [1.165, 1.54) is 16.8 Å². The second kappa shape index (κ2) is 8.24. The fraction of sp³-hybridized carbons (Fsp3) is 0. The van der Waals surface area contributed by atoms with Crippen molar-refractivity contribution < 1.29 is 17.7 Å². The normalized spacial score (nSPS) is 11.2. The summed E-state index contributed by atoms with van der Waals surface area (Å²) in [4.78, 5) is 0.153. The van der Waals surface area contributed by atoms with Gasteiger partial charge in [0.15, 0.2) is 0 Å². The summed E-state index contributed by atoms with van der Waals surface area (Å²) in [5.74, 6) is 0.667. The molecule has 0 spiro atoms. The highest BCUT2D eigenvalue weighted by Gasteiger charge is 2.16. The zero-order valence-corrected chi connectivity index (χ0v) is 17.5. The number of fused-ring (bicyclic) bond motifs is 2. The molecule has 0 fully saturated rings. The van der Waals surface area contributed by atoms with Crippen molar-refractivity contribution in [2.45, 2.75) is 4.90 Å². The molecule has 0 aliphatic heterocycles. The van der Waals surface area contributed by atoms with Gasteiger partial charge in [-0.05, 0) is 82.2 Å². The Hall–Kier alpha value is -2.87. The lowest BCUT2D eigenvalue weighted by molar-refractivity contribution is 0.476. The van der Waals surface area contributed by atoms with Crippen molar-refractivity contribution in [1.29, 1.82) is 0 Å². The average Bonchev–Trinajstić information content (AvgIpc) is 3.37. The van der Waals surface area contributed by atoms with E-state index in [1.54, 1.807) is 65.1 Å². The molecule has 4 nitrogen and oxygen atoms in total. The van der Waals surface area contributed by atoms with Crippen LogP contribution < -0.4 is 4.18 Å². The molecule has 0 aliphatic rings. The van der Waals surface area contributed by atoms with E-state index in [2.05, 4.69) is 0 Å². The molecule has 5 aromatic rings. The van der Waals surface area contributed by atoms with E-state index in [1.807, 2.05) is 35.0 Å². The number of hydrogen-bond acceptors (Lipinski definition) is 6. The third-order valence-corrected chi connectivity index (χ3v) is 7.15. The van der Waals surface area contributed by atoms with Crippen molar-refractivity contribution in [3.8, 4) is 11.5 Å². The summed E-state index contributed by atoms with van der Waals surface area (Å²) in [5, 5.41) is 15.1. The van der Waals surface area contributed by atoms with Gasteiger partial charge in [0.05, 0.1) is 0 Å². The number of thiophene rings is 2. The first-order valence-corrected chi connectivity index (χ1v) is 11.8. The Balaban J connectivity index is 0.000000171. The van der Waals surface area contributed by atoms with Gasteiger partial charge in [0, 0.05) is 9.40 Å². The lowest BCUT2D eigenvalue weighted by Gasteiger charge is -2.06. The van der Waals surface area contributed by atoms with Gasteiger partial charge in [-0.2, -0.15) is 8.42 Å². The summed E-state index contributed by atoms with van der Waals surface area (Å²) >= 11 is 3.29. The SMILES string of the molecule is O=S(=O)(Oc1ccc2sccc2c1)c1ccccc1.Oc1ccc2sccc2c1. The topological polar surface area (TPSA) is 63.6 Å². The van der Waals surface area contributed by atoms with Crippen LogP contribution in [0, 0.1) is 0 Å². The van der Waals surface area contributed by atoms with Crippen LogP contribution in [-0.4, -0.2) is 13.5 Å². The van der Waals surface area contributed by atoms with Crippen LogP contribution in [0.4, 0.5) is 0 Å². The molecule has 0 unspecified atom stereocenters. The molecule has 29 heavy (non-hydrogen) atoms. The highest BCUT2D eigenvalue weighted by Crippen LogP contribution is 2.27. The Morgan fingerprint density at radius 2 is 1.34 bits per heavy atom. The van der Waals surface area contributed by atoms with Gasteiger partial charge in [0.2, 0.25) is 0 Å². The van der Waals surface area contributed by atoms with Crippen molar-refractivity contribution in [2.75, 3.05) is 0 Å². The van der Waals surface area contributed by atoms with Gasteiger partial charge in [-0.3, -0.25) is 0 Å². The third-order valence-electron chi connectivity index (χ3n) is 4.10. The van der Waals surface area contributed by atoms with E-state index < -0.39 is 10.1 Å². The zero-order chi connectivity index (χ0) is 20.3. The van der Waals surface area contributed by atoms with Crippen molar-refractivity contribution in [3.63, 3.8) is 0 Å². The van der Waals surface area contributed by atoms with E-state index in [0.29, 0.717) is 11.5 Å². The molecule has 146 valence electrons. The number of phenolic OH excluding ortho intramolecular Hbond substituents is 1. The van der Waals surface area contributed by atoms with Gasteiger partial charge >= 0.3 is 10.1 Å². The van der Waals surface area contributed by atoms with Crippen molar-refractivity contribution >= 4 is 53.0 Å². The molecular weight excluding hydrogens is 424 g/mol. The highest BCUT2D eigenvalue weighted by molar-refractivity contribution is 7.87. The maximum absolute atomic E-state index is 12.1. The molecule has 3 aromatic carbocycles. The monoisotopic (exact) mass is 440 g/mol. The van der Waals surface area contributed by atoms with E-state index in [9.17, 15) is 8.42 Å². The summed E-state index contributed by atoms with van der Waals surface area (Å²) in [6.45, 7) is 0. The molecule has 0 radical (unpaired) electrons. The number of hydrogen-bond donors (Lipinski definition) is 1. The second-order valence-corrected chi connectivity index (χ2v) is 9.56. The Morgan fingerprint density at radius 1 is 0.724 bits per heavy atom. The minimum atomic E-state index is -3.76. The number of phenols is 1. The maximum Gasteiger partial charge on any atom is 0.339 e. The Bertz CT molecular complexity index is 1350. The van der Waals surface area contributed by atoms with Crippen LogP contribution in [0.2, 0.25) is 0 Å². The van der Waals surface area contributed by atoms with Crippen LogP contribution >= 0.6 is 22.7 Å². The first-order valence-electron chi connectivity index (χ1n) is 8.64. The molecule has 1 N–H and O–H groups in total. The largest absolute Gasteiger partial charge is 0.508 e. The molecule has 0 saturated heterocycles. The van der Waals surface area contributed by atoms with E-state index in [-0.39, 0.29) is 4.90 Å². The predicted octanol–water partition coefficient (Wildman–Crippen LogP) is 6.28. The lowest BCUT2D eigenvalue weighted by atomic mass is 10.2. The summed E-state index contributed by atoms with van der Waals surface area (Å²) < 4.78 is 31.6. The fourth-order valence-electron chi connectivity index (χ4n) is 2.71. The Kier molecular flexibility index (Phi) is 5.53. The Morgan fingerprint density at radius 3 is 2.03 bits per heavy atom. The molecule has 0 atom stereocenters. The van der Waals surface area contributed by atoms with Crippen LogP contribution in [-0.2, 0) is 10.1 Å². The maximum atomic E-state index is 12.1. The molecule has 0 amide bonds. The molecule has 0 aliphatic carbocycles. The standard InChI is InChI=1S/C14H10O3S2.C8H6OS/c15-19(16,13-4-2-1-3-5-13)17-12-6-7-14-11(10-12)8-9-18-14;9-7-1-2-8-6(5-7)3-4-10-8/h1-10H;1-5,9H. The number of aromatic hydroxyl groups is 1. The molecule has 2 heterocycles. The van der Waals surface area contributed by atoms with Crippen LogP contribution in [0.15, 0.2) is 94.5 Å². The van der Waals surface area contributed by atoms with Gasteiger partial charge in [0.1, 0.15) is 16.4 Å². The van der Waals surface area contributed by atoms with E-state index >= 15 is 0 Å². The molecule has 0 bridgehead atoms. The third kappa shape index (κ3) is 4.59. The van der Waals surface area contributed by atoms with Gasteiger partial charge < -0.3 is 9.29 Å². The van der Waals surface area contributed by atoms with Crippen molar-refractivity contribution in [1.82, 2.24) is 0 Å². The summed E-state index contributed by atoms with van der Waals surface area (Å²) in [5.41, 5.74) is 0. The minimum absolute atomic E-state index is 0.153. The molecule has 5 rings (SSSR count). The molecule has 7 heteroatoms. The summed E-state index contributed by atoms with van der Waals surface area (Å²) in [6, 6.07) is 22.7. The quantitative estimate of drug-likeness (QED) is 0.336. The smallest absolute Gasteiger partial charge is 0.339 e. The van der Waals surface area contributed by atoms with Gasteiger partial charge in [-0.25, -0.2) is 0 Å². The minimum Gasteiger partial charge on any atom is -0.508 e. The van der Waals surface area contributed by atoms with Crippen molar-refractivity contribution in [3.05, 3.63) is 89.6 Å². The highest BCUT2D eigenvalue weighted by atomic mass is 32.2. The van der Waals surface area contributed by atoms with Gasteiger partial charge in [-0.1, -0.05) is 18.2 Å². The van der Waals surface area contributed by atoms with Crippen LogP contribution in [0.5, 0.6) is 11.5 Å². The fourth-order valence-corrected chi connectivity index (χ4v) is 5.20. The number of rotatable bonds is 3. The van der Waals surface area contributed by atoms with E-state index in [0.717, 1.165) is 15.5 Å². The number of benzene rings is 3. The van der Waals surface area contributed by atoms with E-state index in [4.69, 9.17) is 9.29 Å². The molecule has 0 saturated carbocycles. The van der Waals surface area contributed by atoms with Gasteiger partial charge in [-0.15, -0.1) is 22.7 Å². The first-order chi connectivity index (χ1) is 14.0. The molecule has 2 aromatic heterocycles. The van der Waals surface area contributed by atoms with Crippen LogP contribution in [0.1, 0.15) is 0 Å². The zero-order valence-electron chi connectivity index (χ0n) is 15.1. The predicted molar refractivity (Wildman–Crippen MR) is 120 cm³/mol. The Labute approximate surface area is 176 Å². The summed E-state index contributed by atoms with van der Waals surface area (Å²) in [7, 11) is -3.76. The van der Waals surface area contributed by atoms with Crippen LogP contribution in [0.3, 0.4) is 0 Å². The molecular formula is C22H16O4S3. The van der Waals surface area contributed by atoms with Gasteiger partial charge in [0.25, 0.3) is 0 Å². The lowest BCUT2D eigenvalue weighted by Crippen LogP contribution is -2.09. The van der Waals surface area contributed by atoms with Crippen LogP contribution in [0.25, 0.3) is 20.2 Å².